The fourth-order valence-electron chi connectivity index (χ4n) is 5.96. The standard InChI is InChI=1S/C31H25BrN2O4/c1-16-4-6-17(7-5-16)30-29-25(22-14-18(32)8-11-24(22)38-30)26(31(35)37-3)28-27-20(12-13-34(28)29)21-15-19(36-2)9-10-23(21)33-27/h4-11,14-15,30,33H,12-13H2,1-3H3/t30-/m0/s1. The number of esters is 1. The fraction of sp³-hybridized carbons (Fsp3) is 0.194. The number of carbonyl (C=O) groups excluding carboxylic acids is 1. The van der Waals surface area contributed by atoms with Gasteiger partial charge >= 0.3 is 5.97 Å². The van der Waals surface area contributed by atoms with Crippen LogP contribution in [0.25, 0.3) is 33.4 Å². The molecule has 0 radical (unpaired) electrons. The molecule has 38 heavy (non-hydrogen) atoms. The van der Waals surface area contributed by atoms with E-state index >= 15 is 0 Å². The number of rotatable bonds is 3. The summed E-state index contributed by atoms with van der Waals surface area (Å²) in [6.45, 7) is 2.78. The zero-order valence-electron chi connectivity index (χ0n) is 21.2. The molecule has 1 N–H and O–H groups in total. The molecule has 0 bridgehead atoms. The summed E-state index contributed by atoms with van der Waals surface area (Å²) in [6, 6.07) is 20.4. The first-order valence-electron chi connectivity index (χ1n) is 12.5. The highest BCUT2D eigenvalue weighted by molar-refractivity contribution is 9.10. The molecule has 0 aliphatic carbocycles. The number of nitrogens with zero attached hydrogens (tertiary/aromatic N) is 1. The van der Waals surface area contributed by atoms with Crippen LogP contribution >= 0.6 is 15.9 Å². The molecule has 3 aromatic carbocycles. The van der Waals surface area contributed by atoms with Crippen LogP contribution in [-0.2, 0) is 17.7 Å². The van der Waals surface area contributed by atoms with Crippen molar-refractivity contribution in [3.05, 3.63) is 93.1 Å². The molecular weight excluding hydrogens is 544 g/mol. The second kappa shape index (κ2) is 8.53. The Labute approximate surface area is 228 Å². The zero-order valence-corrected chi connectivity index (χ0v) is 22.8. The normalized spacial score (nSPS) is 15.2. The minimum atomic E-state index is -0.373. The van der Waals surface area contributed by atoms with E-state index in [9.17, 15) is 4.79 Å². The highest BCUT2D eigenvalue weighted by atomic mass is 79.9. The van der Waals surface area contributed by atoms with Crippen molar-refractivity contribution in [2.24, 2.45) is 0 Å². The third kappa shape index (κ3) is 3.28. The summed E-state index contributed by atoms with van der Waals surface area (Å²) < 4.78 is 20.8. The average Bonchev–Trinajstić information content (AvgIpc) is 3.48. The first-order valence-corrected chi connectivity index (χ1v) is 13.3. The Morgan fingerprint density at radius 2 is 1.89 bits per heavy atom. The predicted molar refractivity (Wildman–Crippen MR) is 150 cm³/mol. The summed E-state index contributed by atoms with van der Waals surface area (Å²) in [7, 11) is 3.12. The van der Waals surface area contributed by atoms with Gasteiger partial charge in [0, 0.05) is 33.0 Å². The van der Waals surface area contributed by atoms with Crippen LogP contribution in [0.2, 0.25) is 0 Å². The number of ether oxygens (including phenoxy) is 3. The fourth-order valence-corrected chi connectivity index (χ4v) is 6.33. The quantitative estimate of drug-likeness (QED) is 0.233. The molecule has 7 heteroatoms. The molecule has 0 saturated carbocycles. The third-order valence-corrected chi connectivity index (χ3v) is 8.21. The second-order valence-electron chi connectivity index (χ2n) is 9.82. The number of fused-ring (bicyclic) bond motifs is 9. The van der Waals surface area contributed by atoms with E-state index in [0.717, 1.165) is 67.1 Å². The van der Waals surface area contributed by atoms with Crippen molar-refractivity contribution in [1.82, 2.24) is 9.55 Å². The van der Waals surface area contributed by atoms with E-state index in [-0.39, 0.29) is 12.1 Å². The molecule has 2 aliphatic heterocycles. The Kier molecular flexibility index (Phi) is 5.20. The number of carbonyl (C=O) groups is 1. The Morgan fingerprint density at radius 1 is 1.08 bits per heavy atom. The molecule has 0 saturated heterocycles. The number of methoxy groups -OCH3 is 2. The molecule has 0 amide bonds. The summed E-state index contributed by atoms with van der Waals surface area (Å²) >= 11 is 3.63. The minimum absolute atomic E-state index is 0.366. The van der Waals surface area contributed by atoms with Gasteiger partial charge in [-0.05, 0) is 60.9 Å². The Morgan fingerprint density at radius 3 is 2.66 bits per heavy atom. The van der Waals surface area contributed by atoms with Gasteiger partial charge < -0.3 is 23.8 Å². The number of H-pyrrole nitrogens is 1. The maximum absolute atomic E-state index is 13.6. The van der Waals surface area contributed by atoms with Crippen LogP contribution in [0.15, 0.2) is 65.1 Å². The Bertz CT molecular complexity index is 1760. The molecule has 0 unspecified atom stereocenters. The van der Waals surface area contributed by atoms with Crippen molar-refractivity contribution in [3.8, 4) is 34.0 Å². The summed E-state index contributed by atoms with van der Waals surface area (Å²) in [5.74, 6) is 1.18. The van der Waals surface area contributed by atoms with Crippen molar-refractivity contribution in [3.63, 3.8) is 0 Å². The van der Waals surface area contributed by atoms with Gasteiger partial charge in [0.2, 0.25) is 0 Å². The number of hydrogen-bond donors (Lipinski definition) is 1. The predicted octanol–water partition coefficient (Wildman–Crippen LogP) is 7.21. The smallest absolute Gasteiger partial charge is 0.340 e. The lowest BCUT2D eigenvalue weighted by Gasteiger charge is -2.30. The number of aromatic amines is 1. The van der Waals surface area contributed by atoms with Gasteiger partial charge in [0.05, 0.1) is 36.9 Å². The average molecular weight is 569 g/mol. The van der Waals surface area contributed by atoms with E-state index in [1.165, 1.54) is 18.2 Å². The Hall–Kier alpha value is -3.97. The van der Waals surface area contributed by atoms with Crippen LogP contribution in [0.1, 0.15) is 38.8 Å². The maximum Gasteiger partial charge on any atom is 0.340 e. The van der Waals surface area contributed by atoms with E-state index in [1.807, 2.05) is 30.3 Å². The van der Waals surface area contributed by atoms with E-state index < -0.39 is 0 Å². The molecule has 190 valence electrons. The highest BCUT2D eigenvalue weighted by Gasteiger charge is 2.41. The van der Waals surface area contributed by atoms with Crippen molar-refractivity contribution in [2.45, 2.75) is 26.0 Å². The molecule has 7 rings (SSSR count). The van der Waals surface area contributed by atoms with Gasteiger partial charge in [0.15, 0.2) is 6.10 Å². The van der Waals surface area contributed by atoms with Crippen LogP contribution in [0, 0.1) is 6.92 Å². The van der Waals surface area contributed by atoms with Gasteiger partial charge in [0.1, 0.15) is 11.5 Å². The van der Waals surface area contributed by atoms with Crippen LogP contribution < -0.4 is 9.47 Å². The van der Waals surface area contributed by atoms with Crippen molar-refractivity contribution in [2.75, 3.05) is 14.2 Å². The molecule has 6 nitrogen and oxygen atoms in total. The van der Waals surface area contributed by atoms with Crippen molar-refractivity contribution >= 4 is 32.8 Å². The Balaban J connectivity index is 1.58. The number of halogens is 1. The summed E-state index contributed by atoms with van der Waals surface area (Å²) in [5, 5.41) is 1.11. The molecule has 1 atom stereocenters. The first-order chi connectivity index (χ1) is 18.5. The van der Waals surface area contributed by atoms with Crippen LogP contribution in [0.4, 0.5) is 0 Å². The molecule has 2 aliphatic rings. The summed E-state index contributed by atoms with van der Waals surface area (Å²) in [6.07, 6.45) is 0.436. The van der Waals surface area contributed by atoms with Crippen LogP contribution in [0.5, 0.6) is 11.5 Å². The lowest BCUT2D eigenvalue weighted by atomic mass is 9.91. The zero-order chi connectivity index (χ0) is 26.1. The largest absolute Gasteiger partial charge is 0.497 e. The molecular formula is C31H25BrN2O4. The van der Waals surface area contributed by atoms with Gasteiger partial charge in [-0.2, -0.15) is 0 Å². The third-order valence-electron chi connectivity index (χ3n) is 7.71. The molecule has 2 aromatic heterocycles. The van der Waals surface area contributed by atoms with E-state index in [2.05, 4.69) is 62.7 Å². The highest BCUT2D eigenvalue weighted by Crippen LogP contribution is 2.53. The SMILES string of the molecule is COC(=O)c1c2c(n3c1-c1[nH]c4ccc(OC)cc4c1CC3)[C@H](c1ccc(C)cc1)Oc1ccc(Br)cc1-2. The van der Waals surface area contributed by atoms with E-state index in [4.69, 9.17) is 14.2 Å². The van der Waals surface area contributed by atoms with Gasteiger partial charge in [0.25, 0.3) is 0 Å². The second-order valence-corrected chi connectivity index (χ2v) is 10.7. The van der Waals surface area contributed by atoms with Crippen molar-refractivity contribution < 1.29 is 19.0 Å². The van der Waals surface area contributed by atoms with Crippen molar-refractivity contribution in [1.29, 1.82) is 0 Å². The molecule has 5 aromatic rings. The van der Waals surface area contributed by atoms with E-state index in [1.54, 1.807) is 7.11 Å². The number of aromatic nitrogens is 2. The topological polar surface area (TPSA) is 65.5 Å². The van der Waals surface area contributed by atoms with Crippen LogP contribution in [-0.4, -0.2) is 29.7 Å². The van der Waals surface area contributed by atoms with Gasteiger partial charge in [-0.1, -0.05) is 45.8 Å². The van der Waals surface area contributed by atoms with Gasteiger partial charge in [-0.25, -0.2) is 4.79 Å². The number of aryl methyl sites for hydroxylation is 2. The first kappa shape index (κ1) is 23.2. The maximum atomic E-state index is 13.6. The number of hydrogen-bond acceptors (Lipinski definition) is 4. The number of benzene rings is 3. The van der Waals surface area contributed by atoms with Crippen LogP contribution in [0.3, 0.4) is 0 Å². The molecule has 0 spiro atoms. The molecule has 4 heterocycles. The monoisotopic (exact) mass is 568 g/mol. The van der Waals surface area contributed by atoms with Gasteiger partial charge in [-0.3, -0.25) is 0 Å². The number of nitrogens with one attached hydrogen (secondary N) is 1. The molecule has 0 fully saturated rings. The van der Waals surface area contributed by atoms with Gasteiger partial charge in [-0.15, -0.1) is 0 Å². The summed E-state index contributed by atoms with van der Waals surface area (Å²) in [4.78, 5) is 17.2. The summed E-state index contributed by atoms with van der Waals surface area (Å²) in [5.41, 5.74) is 9.44. The lowest BCUT2D eigenvalue weighted by Crippen LogP contribution is -2.21. The van der Waals surface area contributed by atoms with E-state index in [0.29, 0.717) is 12.1 Å². The minimum Gasteiger partial charge on any atom is -0.497 e. The lowest BCUT2D eigenvalue weighted by molar-refractivity contribution is 0.0602.